The maximum Gasteiger partial charge on any atom is 0.0587 e. The van der Waals surface area contributed by atoms with E-state index >= 15 is 0 Å². The first-order valence-electron chi connectivity index (χ1n) is 7.92. The molecule has 3 heteroatoms. The molecule has 1 N–H and O–H groups in total. The van der Waals surface area contributed by atoms with E-state index in [1.165, 1.54) is 48.6 Å². The highest BCUT2D eigenvalue weighted by atomic mass is 79.9. The third kappa shape index (κ3) is 3.84. The molecule has 2 aliphatic rings. The number of hydrogen-bond donors (Lipinski definition) is 1. The van der Waals surface area contributed by atoms with Gasteiger partial charge in [-0.05, 0) is 68.7 Å². The Morgan fingerprint density at radius 1 is 1.15 bits per heavy atom. The quantitative estimate of drug-likeness (QED) is 0.867. The molecule has 0 radical (unpaired) electrons. The number of nitrogens with one attached hydrogen (secondary N) is 1. The van der Waals surface area contributed by atoms with E-state index in [1.807, 2.05) is 0 Å². The van der Waals surface area contributed by atoms with Gasteiger partial charge < -0.3 is 10.1 Å². The first-order valence-corrected chi connectivity index (χ1v) is 8.71. The predicted octanol–water partition coefficient (Wildman–Crippen LogP) is 4.24. The second kappa shape index (κ2) is 7.06. The fraction of sp³-hybridized carbons (Fsp3) is 0.647. The van der Waals surface area contributed by atoms with Crippen LogP contribution in [0.5, 0.6) is 0 Å². The number of hydrogen-bond acceptors (Lipinski definition) is 2. The lowest BCUT2D eigenvalue weighted by Gasteiger charge is -2.37. The fourth-order valence-electron chi connectivity index (χ4n) is 3.28. The molecule has 0 spiro atoms. The van der Waals surface area contributed by atoms with Crippen molar-refractivity contribution in [2.75, 3.05) is 13.2 Å². The van der Waals surface area contributed by atoms with Gasteiger partial charge in [0.05, 0.1) is 6.10 Å². The van der Waals surface area contributed by atoms with Gasteiger partial charge in [0, 0.05) is 17.1 Å². The Morgan fingerprint density at radius 3 is 2.65 bits per heavy atom. The molecule has 2 fully saturated rings. The average molecular weight is 338 g/mol. The standard InChI is InChI=1S/C17H24BrNO/c18-15-6-4-13(5-7-15)14-11-16(12-14)19-9-8-17-3-1-2-10-20-17/h4-7,14,16-17,19H,1-3,8-12H2. The summed E-state index contributed by atoms with van der Waals surface area (Å²) < 4.78 is 6.94. The molecule has 1 aromatic rings. The summed E-state index contributed by atoms with van der Waals surface area (Å²) in [7, 11) is 0. The molecule has 1 aliphatic heterocycles. The molecule has 1 unspecified atom stereocenters. The maximum atomic E-state index is 5.77. The van der Waals surface area contributed by atoms with Crippen LogP contribution >= 0.6 is 15.9 Å². The lowest BCUT2D eigenvalue weighted by Crippen LogP contribution is -2.41. The monoisotopic (exact) mass is 337 g/mol. The third-order valence-electron chi connectivity index (χ3n) is 4.65. The molecule has 110 valence electrons. The summed E-state index contributed by atoms with van der Waals surface area (Å²) in [5.41, 5.74) is 1.49. The highest BCUT2D eigenvalue weighted by Crippen LogP contribution is 2.37. The van der Waals surface area contributed by atoms with Gasteiger partial charge in [0.2, 0.25) is 0 Å². The smallest absolute Gasteiger partial charge is 0.0587 e. The van der Waals surface area contributed by atoms with Gasteiger partial charge in [-0.2, -0.15) is 0 Å². The van der Waals surface area contributed by atoms with Crippen LogP contribution in [-0.4, -0.2) is 25.3 Å². The summed E-state index contributed by atoms with van der Waals surface area (Å²) in [6.45, 7) is 2.09. The molecule has 0 aromatic heterocycles. The Labute approximate surface area is 130 Å². The summed E-state index contributed by atoms with van der Waals surface area (Å²) >= 11 is 3.49. The van der Waals surface area contributed by atoms with E-state index < -0.39 is 0 Å². The molecular formula is C17H24BrNO. The number of rotatable bonds is 5. The largest absolute Gasteiger partial charge is 0.378 e. The Kier molecular flexibility index (Phi) is 5.14. The van der Waals surface area contributed by atoms with Crippen LogP contribution in [0.3, 0.4) is 0 Å². The zero-order chi connectivity index (χ0) is 13.8. The minimum absolute atomic E-state index is 0.513. The summed E-state index contributed by atoms with van der Waals surface area (Å²) in [5.74, 6) is 0.756. The van der Waals surface area contributed by atoms with Crippen molar-refractivity contribution in [2.45, 2.75) is 56.6 Å². The van der Waals surface area contributed by atoms with E-state index in [9.17, 15) is 0 Å². The van der Waals surface area contributed by atoms with Crippen LogP contribution in [-0.2, 0) is 4.74 Å². The summed E-state index contributed by atoms with van der Waals surface area (Å²) in [4.78, 5) is 0. The van der Waals surface area contributed by atoms with Gasteiger partial charge in [-0.25, -0.2) is 0 Å². The molecule has 3 rings (SSSR count). The molecule has 20 heavy (non-hydrogen) atoms. The molecule has 1 aromatic carbocycles. The van der Waals surface area contributed by atoms with Crippen LogP contribution < -0.4 is 5.32 Å². The SMILES string of the molecule is Brc1ccc(C2CC(NCCC3CCCCO3)C2)cc1. The van der Waals surface area contributed by atoms with Gasteiger partial charge in [-0.1, -0.05) is 28.1 Å². The molecule has 1 aliphatic carbocycles. The van der Waals surface area contributed by atoms with Crippen LogP contribution in [0.1, 0.15) is 50.0 Å². The second-order valence-corrected chi connectivity index (χ2v) is 7.06. The van der Waals surface area contributed by atoms with E-state index in [0.29, 0.717) is 12.1 Å². The Bertz CT molecular complexity index is 408. The van der Waals surface area contributed by atoms with Crippen LogP contribution in [0.2, 0.25) is 0 Å². The van der Waals surface area contributed by atoms with Gasteiger partial charge in [0.1, 0.15) is 0 Å². The normalized spacial score (nSPS) is 29.9. The summed E-state index contributed by atoms with van der Waals surface area (Å²) in [5, 5.41) is 3.69. The zero-order valence-corrected chi connectivity index (χ0v) is 13.6. The highest BCUT2D eigenvalue weighted by molar-refractivity contribution is 9.10. The zero-order valence-electron chi connectivity index (χ0n) is 12.0. The van der Waals surface area contributed by atoms with Crippen molar-refractivity contribution in [3.05, 3.63) is 34.3 Å². The molecule has 1 saturated carbocycles. The number of benzene rings is 1. The average Bonchev–Trinajstić information content (AvgIpc) is 2.44. The first kappa shape index (κ1) is 14.6. The molecule has 1 heterocycles. The van der Waals surface area contributed by atoms with Gasteiger partial charge >= 0.3 is 0 Å². The summed E-state index contributed by atoms with van der Waals surface area (Å²) in [6, 6.07) is 9.52. The van der Waals surface area contributed by atoms with Crippen LogP contribution in [0.4, 0.5) is 0 Å². The molecule has 0 amide bonds. The third-order valence-corrected chi connectivity index (χ3v) is 5.18. The highest BCUT2D eigenvalue weighted by Gasteiger charge is 2.29. The van der Waals surface area contributed by atoms with Crippen LogP contribution in [0.25, 0.3) is 0 Å². The molecule has 2 nitrogen and oxygen atoms in total. The fourth-order valence-corrected chi connectivity index (χ4v) is 3.54. The van der Waals surface area contributed by atoms with E-state index in [-0.39, 0.29) is 0 Å². The van der Waals surface area contributed by atoms with Crippen LogP contribution in [0.15, 0.2) is 28.7 Å². The van der Waals surface area contributed by atoms with Gasteiger partial charge in [-0.3, -0.25) is 0 Å². The summed E-state index contributed by atoms with van der Waals surface area (Å²) in [6.07, 6.45) is 8.12. The van der Waals surface area contributed by atoms with Crippen LogP contribution in [0, 0.1) is 0 Å². The van der Waals surface area contributed by atoms with E-state index in [1.54, 1.807) is 0 Å². The lowest BCUT2D eigenvalue weighted by molar-refractivity contribution is 0.0107. The van der Waals surface area contributed by atoms with Gasteiger partial charge in [-0.15, -0.1) is 0 Å². The first-order chi connectivity index (χ1) is 9.81. The van der Waals surface area contributed by atoms with E-state index in [0.717, 1.165) is 19.1 Å². The van der Waals surface area contributed by atoms with Crippen molar-refractivity contribution >= 4 is 15.9 Å². The lowest BCUT2D eigenvalue weighted by atomic mass is 9.76. The second-order valence-electron chi connectivity index (χ2n) is 6.15. The molecule has 1 atom stereocenters. The van der Waals surface area contributed by atoms with Crippen molar-refractivity contribution in [2.24, 2.45) is 0 Å². The topological polar surface area (TPSA) is 21.3 Å². The predicted molar refractivity (Wildman–Crippen MR) is 86.1 cm³/mol. The molecule has 0 bridgehead atoms. The minimum Gasteiger partial charge on any atom is -0.378 e. The number of ether oxygens (including phenoxy) is 1. The van der Waals surface area contributed by atoms with Crippen molar-refractivity contribution in [1.29, 1.82) is 0 Å². The Balaban J connectivity index is 1.33. The Hall–Kier alpha value is -0.380. The van der Waals surface area contributed by atoms with E-state index in [2.05, 4.69) is 45.5 Å². The van der Waals surface area contributed by atoms with Crippen molar-refractivity contribution in [1.82, 2.24) is 5.32 Å². The maximum absolute atomic E-state index is 5.77. The van der Waals surface area contributed by atoms with Crippen molar-refractivity contribution in [3.63, 3.8) is 0 Å². The van der Waals surface area contributed by atoms with Crippen molar-refractivity contribution in [3.8, 4) is 0 Å². The molecular weight excluding hydrogens is 314 g/mol. The minimum atomic E-state index is 0.513. The van der Waals surface area contributed by atoms with Crippen molar-refractivity contribution < 1.29 is 4.74 Å². The van der Waals surface area contributed by atoms with E-state index in [4.69, 9.17) is 4.74 Å². The Morgan fingerprint density at radius 2 is 1.95 bits per heavy atom. The van der Waals surface area contributed by atoms with Gasteiger partial charge in [0.15, 0.2) is 0 Å². The number of halogens is 1. The molecule has 1 saturated heterocycles. The van der Waals surface area contributed by atoms with Gasteiger partial charge in [0.25, 0.3) is 0 Å².